The Kier molecular flexibility index (Phi) is 23.3. The maximum Gasteiger partial charge on any atom is 0.328 e. The minimum Gasteiger partial charge on any atom is -0.480 e. The van der Waals surface area contributed by atoms with E-state index in [0.717, 1.165) is 5.56 Å². The average Bonchev–Trinajstić information content (AvgIpc) is 3.24. The molecule has 19 heteroatoms. The van der Waals surface area contributed by atoms with Crippen molar-refractivity contribution in [2.24, 2.45) is 17.8 Å². The van der Waals surface area contributed by atoms with Crippen molar-refractivity contribution >= 4 is 47.3 Å². The Morgan fingerprint density at radius 2 is 0.785 bits per heavy atom. The first kappa shape index (κ1) is 55.2. The van der Waals surface area contributed by atoms with Crippen LogP contribution in [-0.4, -0.2) is 129 Å². The number of carboxylic acids is 1. The molecule has 0 saturated carbocycles. The van der Waals surface area contributed by atoms with Crippen molar-refractivity contribution in [1.29, 1.82) is 0 Å². The van der Waals surface area contributed by atoms with Crippen LogP contribution in [0.15, 0.2) is 60.7 Å². The lowest BCUT2D eigenvalue weighted by Gasteiger charge is -2.29. The van der Waals surface area contributed by atoms with Crippen molar-refractivity contribution < 1.29 is 58.8 Å². The summed E-state index contributed by atoms with van der Waals surface area (Å²) in [5.41, 5.74) is 1.35. The summed E-state index contributed by atoms with van der Waals surface area (Å²) in [7, 11) is 0. The number of carbonyl (C=O) groups excluding carboxylic acids is 7. The maximum absolute atomic E-state index is 14.2. The number of aliphatic carboxylic acids is 1. The molecule has 11 N–H and O–H groups in total. The summed E-state index contributed by atoms with van der Waals surface area (Å²) in [4.78, 5) is 107. The van der Waals surface area contributed by atoms with Gasteiger partial charge in [0.1, 0.15) is 42.3 Å². The molecule has 0 aliphatic carbocycles. The molecule has 2 aromatic rings. The van der Waals surface area contributed by atoms with E-state index >= 15 is 0 Å². The number of aliphatic hydroxyl groups is 3. The lowest BCUT2D eigenvalue weighted by atomic mass is 9.99. The molecule has 360 valence electrons. The molecule has 65 heavy (non-hydrogen) atoms. The number of rotatable bonds is 27. The second-order valence-electron chi connectivity index (χ2n) is 17.2. The maximum atomic E-state index is 14.2. The van der Waals surface area contributed by atoms with Crippen LogP contribution in [0.1, 0.15) is 85.8 Å². The fourth-order valence-corrected chi connectivity index (χ4v) is 6.59. The van der Waals surface area contributed by atoms with Gasteiger partial charge in [-0.15, -0.1) is 0 Å². The number of carbonyl (C=O) groups is 8. The molecule has 0 saturated heterocycles. The van der Waals surface area contributed by atoms with Crippen molar-refractivity contribution in [3.8, 4) is 0 Å². The number of nitrogens with one attached hydrogen (secondary N) is 7. The third-order valence-electron chi connectivity index (χ3n) is 10.5. The van der Waals surface area contributed by atoms with Crippen LogP contribution in [0.25, 0.3) is 0 Å². The summed E-state index contributed by atoms with van der Waals surface area (Å²) in [6.07, 6.45) is -2.39. The first-order chi connectivity index (χ1) is 30.6. The highest BCUT2D eigenvalue weighted by Gasteiger charge is 2.36. The summed E-state index contributed by atoms with van der Waals surface area (Å²) < 4.78 is 0. The fourth-order valence-electron chi connectivity index (χ4n) is 6.59. The van der Waals surface area contributed by atoms with E-state index < -0.39 is 108 Å². The van der Waals surface area contributed by atoms with Crippen molar-refractivity contribution in [2.45, 2.75) is 142 Å². The standard InChI is InChI=1S/C46H69N7O12/c1-9-27(6)39(57)47-35(23-31-18-14-11-15-19-31)43(61)53-37(28(7)55)44(62)50-32(20-25(2)3)40(58)49-34(22-30-16-12-10-13-17-30)41(59)48-33(21-26(4)5)42(60)52-38(29(8)56)45(63)51-36(24-54)46(64)65/h10-19,25-29,32-38,54-56H,9,20-24H2,1-8H3,(H,47,57)(H,48,59)(H,49,58)(H,50,62)(H,51,63)(H,52,60)(H,53,61)(H,64,65)/t27-,28+,29+,32+,33+,34+,35+,36-,37-,38-/m0/s1. The number of hydrogen-bond donors (Lipinski definition) is 11. The van der Waals surface area contributed by atoms with Gasteiger partial charge in [-0.1, -0.05) is 102 Å². The van der Waals surface area contributed by atoms with Crippen LogP contribution >= 0.6 is 0 Å². The predicted molar refractivity (Wildman–Crippen MR) is 240 cm³/mol. The van der Waals surface area contributed by atoms with E-state index in [2.05, 4.69) is 31.9 Å². The van der Waals surface area contributed by atoms with Gasteiger partial charge in [-0.3, -0.25) is 33.6 Å². The van der Waals surface area contributed by atoms with Gasteiger partial charge >= 0.3 is 5.97 Å². The molecule has 0 aliphatic heterocycles. The molecule has 0 aromatic heterocycles. The first-order valence-corrected chi connectivity index (χ1v) is 22.0. The van der Waals surface area contributed by atoms with Crippen LogP contribution < -0.4 is 37.2 Å². The van der Waals surface area contributed by atoms with Gasteiger partial charge in [0.05, 0.1) is 18.8 Å². The zero-order valence-electron chi connectivity index (χ0n) is 38.5. The third kappa shape index (κ3) is 19.0. The predicted octanol–water partition coefficient (Wildman–Crippen LogP) is -0.158. The van der Waals surface area contributed by atoms with Gasteiger partial charge in [0, 0.05) is 18.8 Å². The van der Waals surface area contributed by atoms with Crippen LogP contribution in [0.3, 0.4) is 0 Å². The van der Waals surface area contributed by atoms with Crippen molar-refractivity contribution in [2.75, 3.05) is 6.61 Å². The monoisotopic (exact) mass is 912 g/mol. The topological polar surface area (TPSA) is 302 Å². The van der Waals surface area contributed by atoms with Crippen LogP contribution in [0.5, 0.6) is 0 Å². The number of hydrogen-bond acceptors (Lipinski definition) is 11. The molecule has 2 rings (SSSR count). The average molecular weight is 912 g/mol. The first-order valence-electron chi connectivity index (χ1n) is 22.0. The molecular formula is C46H69N7O12. The van der Waals surface area contributed by atoms with Gasteiger partial charge in [0.25, 0.3) is 0 Å². The molecule has 0 unspecified atom stereocenters. The van der Waals surface area contributed by atoms with E-state index in [9.17, 15) is 58.8 Å². The van der Waals surface area contributed by atoms with E-state index in [1.807, 2.05) is 12.2 Å². The lowest BCUT2D eigenvalue weighted by molar-refractivity contribution is -0.144. The molecule has 0 heterocycles. The Balaban J connectivity index is 2.42. The molecule has 0 aliphatic rings. The van der Waals surface area contributed by atoms with Crippen molar-refractivity contribution in [3.63, 3.8) is 0 Å². The molecule has 19 nitrogen and oxygen atoms in total. The lowest BCUT2D eigenvalue weighted by Crippen LogP contribution is -2.62. The molecule has 0 radical (unpaired) electrons. The molecule has 10 atom stereocenters. The minimum atomic E-state index is -1.72. The number of benzene rings is 2. The highest BCUT2D eigenvalue weighted by Crippen LogP contribution is 2.13. The molecule has 7 amide bonds. The quantitative estimate of drug-likeness (QED) is 0.0558. The number of aliphatic hydroxyl groups excluding tert-OH is 3. The van der Waals surface area contributed by atoms with E-state index in [1.54, 1.807) is 95.3 Å². The molecule has 0 bridgehead atoms. The summed E-state index contributed by atoms with van der Waals surface area (Å²) in [5.74, 6) is -8.03. The molecule has 0 fully saturated rings. The van der Waals surface area contributed by atoms with Crippen LogP contribution in [-0.2, 0) is 51.2 Å². The number of carboxylic acid groups (broad SMARTS) is 1. The normalized spacial score (nSPS) is 15.9. The summed E-state index contributed by atoms with van der Waals surface area (Å²) in [6, 6.07) is 7.47. The smallest absolute Gasteiger partial charge is 0.328 e. The van der Waals surface area contributed by atoms with Gasteiger partial charge in [0.15, 0.2) is 0 Å². The summed E-state index contributed by atoms with van der Waals surface area (Å²) in [6.45, 7) is 12.2. The van der Waals surface area contributed by atoms with Crippen LogP contribution in [0.4, 0.5) is 0 Å². The Labute approximate surface area is 380 Å². The Morgan fingerprint density at radius 1 is 0.462 bits per heavy atom. The largest absolute Gasteiger partial charge is 0.480 e. The second kappa shape index (κ2) is 27.4. The Hall–Kier alpha value is -5.92. The van der Waals surface area contributed by atoms with Crippen molar-refractivity contribution in [3.05, 3.63) is 71.8 Å². The van der Waals surface area contributed by atoms with Crippen molar-refractivity contribution in [1.82, 2.24) is 37.2 Å². The zero-order chi connectivity index (χ0) is 49.0. The Morgan fingerprint density at radius 3 is 1.14 bits per heavy atom. The molecule has 2 aromatic carbocycles. The fraction of sp³-hybridized carbons (Fsp3) is 0.565. The highest BCUT2D eigenvalue weighted by atomic mass is 16.4. The van der Waals surface area contributed by atoms with Gasteiger partial charge in [-0.2, -0.15) is 0 Å². The SMILES string of the molecule is CC[C@H](C)C(=O)N[C@H](Cc1ccccc1)C(=O)N[C@H](C(=O)N[C@H](CC(C)C)C(=O)N[C@H](Cc1ccccc1)C(=O)N[C@H](CC(C)C)C(=O)N[C@H](C(=O)N[C@@H](CO)C(=O)O)[C@@H](C)O)[C@@H](C)O. The van der Waals surface area contributed by atoms with Gasteiger partial charge in [-0.25, -0.2) is 4.79 Å². The zero-order valence-corrected chi connectivity index (χ0v) is 38.5. The van der Waals surface area contributed by atoms with Gasteiger partial charge in [0.2, 0.25) is 41.4 Å². The molecular weight excluding hydrogens is 843 g/mol. The van der Waals surface area contributed by atoms with Crippen LogP contribution in [0.2, 0.25) is 0 Å². The highest BCUT2D eigenvalue weighted by molar-refractivity contribution is 5.98. The Bertz CT molecular complexity index is 1880. The van der Waals surface area contributed by atoms with Gasteiger partial charge in [-0.05, 0) is 56.1 Å². The minimum absolute atomic E-state index is 0.0259. The van der Waals surface area contributed by atoms with E-state index in [0.29, 0.717) is 12.0 Å². The van der Waals surface area contributed by atoms with E-state index in [1.165, 1.54) is 13.8 Å². The van der Waals surface area contributed by atoms with Gasteiger partial charge < -0.3 is 57.6 Å². The van der Waals surface area contributed by atoms with Crippen LogP contribution in [0, 0.1) is 17.8 Å². The molecule has 0 spiro atoms. The van der Waals surface area contributed by atoms with E-state index in [4.69, 9.17) is 0 Å². The second-order valence-corrected chi connectivity index (χ2v) is 17.2. The summed E-state index contributed by atoms with van der Waals surface area (Å²) in [5, 5.41) is 57.5. The third-order valence-corrected chi connectivity index (χ3v) is 10.5. The summed E-state index contributed by atoms with van der Waals surface area (Å²) >= 11 is 0. The van der Waals surface area contributed by atoms with E-state index in [-0.39, 0.29) is 43.4 Å². The number of amides is 7.